The van der Waals surface area contributed by atoms with Crippen LogP contribution in [0, 0.1) is 0 Å². The number of benzene rings is 1. The Balaban J connectivity index is 1.69. The second kappa shape index (κ2) is 9.54. The largest absolute Gasteiger partial charge is 0.444 e. The number of aromatic nitrogens is 1. The van der Waals surface area contributed by atoms with Crippen LogP contribution in [-0.2, 0) is 16.0 Å². The van der Waals surface area contributed by atoms with Gasteiger partial charge in [0.15, 0.2) is 0 Å². The first-order valence-corrected chi connectivity index (χ1v) is 10.5. The molecule has 0 aliphatic rings. The van der Waals surface area contributed by atoms with Crippen LogP contribution < -0.4 is 10.6 Å². The number of rotatable bonds is 6. The average molecular weight is 424 g/mol. The highest BCUT2D eigenvalue weighted by Gasteiger charge is 2.25. The van der Waals surface area contributed by atoms with Crippen molar-refractivity contribution in [2.24, 2.45) is 0 Å². The van der Waals surface area contributed by atoms with E-state index < -0.39 is 17.7 Å². The normalized spacial score (nSPS) is 12.1. The zero-order valence-electron chi connectivity index (χ0n) is 17.2. The Morgan fingerprint density at radius 1 is 1.03 bits per heavy atom. The number of hydrogen-bond acceptors (Lipinski definition) is 5. The first-order chi connectivity index (χ1) is 14.3. The maximum atomic E-state index is 12.9. The summed E-state index contributed by atoms with van der Waals surface area (Å²) in [6.45, 7) is 5.35. The second-order valence-corrected chi connectivity index (χ2v) is 8.82. The first-order valence-electron chi connectivity index (χ1n) is 9.63. The van der Waals surface area contributed by atoms with Gasteiger partial charge in [0, 0.05) is 29.4 Å². The molecular weight excluding hydrogens is 398 g/mol. The van der Waals surface area contributed by atoms with Crippen LogP contribution in [0.15, 0.2) is 66.3 Å². The summed E-state index contributed by atoms with van der Waals surface area (Å²) in [6, 6.07) is 14.5. The maximum Gasteiger partial charge on any atom is 0.408 e. The van der Waals surface area contributed by atoms with E-state index in [-0.39, 0.29) is 5.91 Å². The maximum absolute atomic E-state index is 12.9. The molecule has 3 rings (SSSR count). The number of anilines is 1. The van der Waals surface area contributed by atoms with Gasteiger partial charge in [-0.25, -0.2) is 4.79 Å². The van der Waals surface area contributed by atoms with Crippen molar-refractivity contribution in [3.8, 4) is 11.1 Å². The number of carbonyl (C=O) groups is 2. The summed E-state index contributed by atoms with van der Waals surface area (Å²) in [4.78, 5) is 30.2. The molecule has 0 saturated heterocycles. The van der Waals surface area contributed by atoms with Gasteiger partial charge < -0.3 is 15.4 Å². The third kappa shape index (κ3) is 6.42. The van der Waals surface area contributed by atoms with Gasteiger partial charge in [-0.3, -0.25) is 9.78 Å². The van der Waals surface area contributed by atoms with Crippen molar-refractivity contribution in [3.05, 3.63) is 71.2 Å². The number of carbonyl (C=O) groups excluding carboxylic acids is 2. The van der Waals surface area contributed by atoms with Crippen LogP contribution in [0.25, 0.3) is 11.1 Å². The van der Waals surface area contributed by atoms with E-state index in [9.17, 15) is 9.59 Å². The number of nitrogens with zero attached hydrogens (tertiary/aromatic N) is 1. The minimum Gasteiger partial charge on any atom is -0.444 e. The van der Waals surface area contributed by atoms with Gasteiger partial charge >= 0.3 is 6.09 Å². The Morgan fingerprint density at radius 2 is 1.70 bits per heavy atom. The lowest BCUT2D eigenvalue weighted by molar-refractivity contribution is -0.118. The van der Waals surface area contributed by atoms with Crippen LogP contribution in [0.2, 0.25) is 0 Å². The molecule has 3 aromatic rings. The van der Waals surface area contributed by atoms with Gasteiger partial charge in [-0.2, -0.15) is 0 Å². The first kappa shape index (κ1) is 21.5. The molecule has 0 spiro atoms. The molecule has 1 atom stereocenters. The highest BCUT2D eigenvalue weighted by Crippen LogP contribution is 2.21. The van der Waals surface area contributed by atoms with Crippen molar-refractivity contribution in [1.29, 1.82) is 0 Å². The van der Waals surface area contributed by atoms with Crippen LogP contribution >= 0.6 is 11.3 Å². The lowest BCUT2D eigenvalue weighted by Crippen LogP contribution is -2.46. The molecule has 0 radical (unpaired) electrons. The molecular formula is C23H25N3O3S. The highest BCUT2D eigenvalue weighted by atomic mass is 32.1. The molecule has 0 saturated carbocycles. The van der Waals surface area contributed by atoms with E-state index in [2.05, 4.69) is 15.6 Å². The van der Waals surface area contributed by atoms with Gasteiger partial charge in [-0.1, -0.05) is 18.2 Å². The third-order valence-electron chi connectivity index (χ3n) is 4.16. The minimum atomic E-state index is -0.752. The molecule has 6 nitrogen and oxygen atoms in total. The molecule has 0 bridgehead atoms. The molecule has 30 heavy (non-hydrogen) atoms. The van der Waals surface area contributed by atoms with E-state index in [0.29, 0.717) is 12.1 Å². The predicted octanol–water partition coefficient (Wildman–Crippen LogP) is 4.88. The van der Waals surface area contributed by atoms with Crippen molar-refractivity contribution in [2.75, 3.05) is 5.32 Å². The number of alkyl carbamates (subject to hydrolysis) is 1. The molecule has 0 aliphatic carbocycles. The van der Waals surface area contributed by atoms with E-state index in [0.717, 1.165) is 16.0 Å². The van der Waals surface area contributed by atoms with Gasteiger partial charge in [0.1, 0.15) is 11.6 Å². The average Bonchev–Trinajstić information content (AvgIpc) is 3.20. The molecule has 2 aromatic heterocycles. The fraction of sp³-hybridized carbons (Fsp3) is 0.261. The van der Waals surface area contributed by atoms with Crippen molar-refractivity contribution in [1.82, 2.24) is 10.3 Å². The molecule has 1 aromatic carbocycles. The summed E-state index contributed by atoms with van der Waals surface area (Å²) in [6.07, 6.45) is 3.25. The summed E-state index contributed by atoms with van der Waals surface area (Å²) in [5.74, 6) is -0.300. The summed E-state index contributed by atoms with van der Waals surface area (Å²) >= 11 is 1.54. The molecule has 2 heterocycles. The number of hydrogen-bond donors (Lipinski definition) is 2. The zero-order valence-corrected chi connectivity index (χ0v) is 18.0. The van der Waals surface area contributed by atoms with Crippen LogP contribution in [0.4, 0.5) is 10.5 Å². The summed E-state index contributed by atoms with van der Waals surface area (Å²) < 4.78 is 5.32. The Labute approximate surface area is 180 Å². The third-order valence-corrected chi connectivity index (χ3v) is 5.06. The Bertz CT molecular complexity index is 965. The van der Waals surface area contributed by atoms with Crippen LogP contribution in [0.3, 0.4) is 0 Å². The van der Waals surface area contributed by atoms with Crippen molar-refractivity contribution in [3.63, 3.8) is 0 Å². The van der Waals surface area contributed by atoms with Crippen molar-refractivity contribution >= 4 is 29.0 Å². The summed E-state index contributed by atoms with van der Waals surface area (Å²) in [5, 5.41) is 7.52. The monoisotopic (exact) mass is 423 g/mol. The van der Waals surface area contributed by atoms with Crippen LogP contribution in [0.5, 0.6) is 0 Å². The summed E-state index contributed by atoms with van der Waals surface area (Å²) in [5.41, 5.74) is 2.08. The van der Waals surface area contributed by atoms with Gasteiger partial charge in [0.25, 0.3) is 0 Å². The van der Waals surface area contributed by atoms with Crippen LogP contribution in [-0.4, -0.2) is 28.6 Å². The molecule has 156 valence electrons. The van der Waals surface area contributed by atoms with Crippen LogP contribution in [0.1, 0.15) is 25.6 Å². The number of thiophene rings is 1. The standard InChI is InChI=1S/C23H25N3O3S/c1-23(2,3)29-22(28)26-20(15-19-5-4-14-30-19)21(27)25-18-8-6-16(7-9-18)17-10-12-24-13-11-17/h4-14,20H,15H2,1-3H3,(H,25,27)(H,26,28)/t20-/m0/s1. The van der Waals surface area contributed by atoms with Gasteiger partial charge in [-0.15, -0.1) is 11.3 Å². The lowest BCUT2D eigenvalue weighted by atomic mass is 10.1. The molecule has 0 fully saturated rings. The minimum absolute atomic E-state index is 0.300. The number of ether oxygens (including phenoxy) is 1. The van der Waals surface area contributed by atoms with E-state index in [4.69, 9.17) is 4.74 Å². The molecule has 2 N–H and O–H groups in total. The molecule has 7 heteroatoms. The van der Waals surface area contributed by atoms with E-state index >= 15 is 0 Å². The van der Waals surface area contributed by atoms with E-state index in [1.165, 1.54) is 11.3 Å². The number of nitrogens with one attached hydrogen (secondary N) is 2. The van der Waals surface area contributed by atoms with Gasteiger partial charge in [-0.05, 0) is 67.6 Å². The van der Waals surface area contributed by atoms with E-state index in [1.54, 1.807) is 33.2 Å². The quantitative estimate of drug-likeness (QED) is 0.592. The fourth-order valence-electron chi connectivity index (χ4n) is 2.81. The fourth-order valence-corrected chi connectivity index (χ4v) is 3.56. The second-order valence-electron chi connectivity index (χ2n) is 7.78. The summed E-state index contributed by atoms with van der Waals surface area (Å²) in [7, 11) is 0. The Kier molecular flexibility index (Phi) is 6.84. The predicted molar refractivity (Wildman–Crippen MR) is 119 cm³/mol. The molecule has 2 amide bonds. The topological polar surface area (TPSA) is 80.3 Å². The zero-order chi connectivity index (χ0) is 21.6. The van der Waals surface area contributed by atoms with Crippen molar-refractivity contribution < 1.29 is 14.3 Å². The van der Waals surface area contributed by atoms with Gasteiger partial charge in [0.05, 0.1) is 0 Å². The van der Waals surface area contributed by atoms with Crippen molar-refractivity contribution in [2.45, 2.75) is 38.8 Å². The van der Waals surface area contributed by atoms with E-state index in [1.807, 2.05) is 53.9 Å². The highest BCUT2D eigenvalue weighted by molar-refractivity contribution is 7.09. The molecule has 0 unspecified atom stereocenters. The SMILES string of the molecule is CC(C)(C)OC(=O)N[C@@H](Cc1cccs1)C(=O)Nc1ccc(-c2ccncc2)cc1. The Morgan fingerprint density at radius 3 is 2.30 bits per heavy atom. The Hall–Kier alpha value is -3.19. The number of amides is 2. The number of pyridine rings is 1. The lowest BCUT2D eigenvalue weighted by Gasteiger charge is -2.23. The smallest absolute Gasteiger partial charge is 0.408 e. The van der Waals surface area contributed by atoms with Gasteiger partial charge in [0.2, 0.25) is 5.91 Å². The molecule has 0 aliphatic heterocycles.